The highest BCUT2D eigenvalue weighted by atomic mass is 16.5. The largest absolute Gasteiger partial charge is 0.465 e. The van der Waals surface area contributed by atoms with Crippen molar-refractivity contribution in [2.24, 2.45) is 5.10 Å². The topological polar surface area (TPSA) is 84.7 Å². The Kier molecular flexibility index (Phi) is 7.41. The summed E-state index contributed by atoms with van der Waals surface area (Å²) in [7, 11) is 0. The van der Waals surface area contributed by atoms with E-state index in [0.717, 1.165) is 35.0 Å². The zero-order valence-corrected chi connectivity index (χ0v) is 17.2. The number of esters is 1. The summed E-state index contributed by atoms with van der Waals surface area (Å²) in [6, 6.07) is 8.26. The van der Waals surface area contributed by atoms with E-state index in [1.54, 1.807) is 13.1 Å². The zero-order valence-electron chi connectivity index (χ0n) is 17.2. The van der Waals surface area contributed by atoms with Crippen molar-refractivity contribution >= 4 is 29.0 Å². The molecular formula is C22H30N4O3. The van der Waals surface area contributed by atoms with E-state index in [-0.39, 0.29) is 25.0 Å². The van der Waals surface area contributed by atoms with Gasteiger partial charge in [0, 0.05) is 28.2 Å². The zero-order chi connectivity index (χ0) is 20.6. The lowest BCUT2D eigenvalue weighted by molar-refractivity contribution is -0.143. The first-order valence-electron chi connectivity index (χ1n) is 10.4. The van der Waals surface area contributed by atoms with Crippen LogP contribution in [0.5, 0.6) is 0 Å². The van der Waals surface area contributed by atoms with E-state index in [4.69, 9.17) is 4.74 Å². The molecule has 1 heterocycles. The normalized spacial score (nSPS) is 15.1. The Morgan fingerprint density at radius 2 is 2.00 bits per heavy atom. The van der Waals surface area contributed by atoms with Gasteiger partial charge in [-0.2, -0.15) is 5.10 Å². The van der Waals surface area contributed by atoms with Gasteiger partial charge in [0.1, 0.15) is 6.54 Å². The van der Waals surface area contributed by atoms with Gasteiger partial charge in [0.2, 0.25) is 0 Å². The molecule has 0 aliphatic heterocycles. The first-order valence-corrected chi connectivity index (χ1v) is 10.4. The third-order valence-corrected chi connectivity index (χ3v) is 5.41. The summed E-state index contributed by atoms with van der Waals surface area (Å²) in [5.41, 5.74) is 5.32. The minimum atomic E-state index is -0.276. The molecule has 1 saturated carbocycles. The van der Waals surface area contributed by atoms with Gasteiger partial charge < -0.3 is 14.6 Å². The van der Waals surface area contributed by atoms with Crippen LogP contribution in [0.4, 0.5) is 0 Å². The second kappa shape index (κ2) is 10.2. The summed E-state index contributed by atoms with van der Waals surface area (Å²) >= 11 is 0. The fourth-order valence-corrected chi connectivity index (χ4v) is 3.91. The number of hydrogen-bond acceptors (Lipinski definition) is 5. The lowest BCUT2D eigenvalue weighted by Gasteiger charge is -2.22. The number of para-hydroxylation sites is 1. The lowest BCUT2D eigenvalue weighted by atomic mass is 9.95. The monoisotopic (exact) mass is 398 g/mol. The van der Waals surface area contributed by atoms with Crippen molar-refractivity contribution in [1.82, 2.24) is 15.3 Å². The maximum atomic E-state index is 12.1. The maximum Gasteiger partial charge on any atom is 0.325 e. The van der Waals surface area contributed by atoms with E-state index in [1.807, 2.05) is 35.8 Å². The molecule has 1 aromatic carbocycles. The van der Waals surface area contributed by atoms with Crippen LogP contribution in [0.3, 0.4) is 0 Å². The average Bonchev–Trinajstić information content (AvgIpc) is 2.99. The summed E-state index contributed by atoms with van der Waals surface area (Å²) in [5, 5.41) is 8.44. The summed E-state index contributed by atoms with van der Waals surface area (Å²) < 4.78 is 7.01. The Morgan fingerprint density at radius 3 is 2.76 bits per heavy atom. The lowest BCUT2D eigenvalue weighted by Crippen LogP contribution is -2.38. The quantitative estimate of drug-likeness (QED) is 0.407. The molecular weight excluding hydrogens is 368 g/mol. The number of nitrogens with zero attached hydrogens (tertiary/aromatic N) is 2. The van der Waals surface area contributed by atoms with Gasteiger partial charge in [0.15, 0.2) is 0 Å². The standard InChI is InChI=1S/C22H30N4O3/c1-3-29-22(28)15-26-16(2)19(18-11-7-8-12-20(18)26)13-24-25-21(27)14-23-17-9-5-4-6-10-17/h7-8,11-13,17,23H,3-6,9-10,14-15H2,1-2H3,(H,25,27)/b24-13-. The van der Waals surface area contributed by atoms with Gasteiger partial charge in [-0.1, -0.05) is 37.5 Å². The summed E-state index contributed by atoms with van der Waals surface area (Å²) in [5.74, 6) is -0.429. The van der Waals surface area contributed by atoms with Gasteiger partial charge in [0.05, 0.1) is 19.4 Å². The second-order valence-electron chi connectivity index (χ2n) is 7.42. The Labute approximate surface area is 171 Å². The molecule has 0 spiro atoms. The van der Waals surface area contributed by atoms with Gasteiger partial charge in [-0.3, -0.25) is 9.59 Å². The minimum Gasteiger partial charge on any atom is -0.465 e. The Balaban J connectivity index is 1.66. The molecule has 1 aliphatic rings. The Bertz CT molecular complexity index is 882. The second-order valence-corrected chi connectivity index (χ2v) is 7.42. The highest BCUT2D eigenvalue weighted by molar-refractivity contribution is 6.01. The van der Waals surface area contributed by atoms with E-state index >= 15 is 0 Å². The highest BCUT2D eigenvalue weighted by Gasteiger charge is 2.16. The summed E-state index contributed by atoms with van der Waals surface area (Å²) in [4.78, 5) is 24.1. The number of hydrazone groups is 1. The van der Waals surface area contributed by atoms with E-state index < -0.39 is 0 Å². The summed E-state index contributed by atoms with van der Waals surface area (Å²) in [6.45, 7) is 4.50. The fourth-order valence-electron chi connectivity index (χ4n) is 3.91. The molecule has 0 bridgehead atoms. The molecule has 7 heteroatoms. The smallest absolute Gasteiger partial charge is 0.325 e. The third-order valence-electron chi connectivity index (χ3n) is 5.41. The molecule has 1 amide bonds. The maximum absolute atomic E-state index is 12.1. The molecule has 7 nitrogen and oxygen atoms in total. The number of amides is 1. The Morgan fingerprint density at radius 1 is 1.24 bits per heavy atom. The number of aromatic nitrogens is 1. The van der Waals surface area contributed by atoms with E-state index in [1.165, 1.54) is 19.3 Å². The molecule has 3 rings (SSSR count). The highest BCUT2D eigenvalue weighted by Crippen LogP contribution is 2.24. The van der Waals surface area contributed by atoms with E-state index in [9.17, 15) is 9.59 Å². The molecule has 2 aromatic rings. The van der Waals surface area contributed by atoms with Gasteiger partial charge in [0.25, 0.3) is 5.91 Å². The van der Waals surface area contributed by atoms with Gasteiger partial charge in [-0.15, -0.1) is 0 Å². The van der Waals surface area contributed by atoms with Gasteiger partial charge >= 0.3 is 5.97 Å². The van der Waals surface area contributed by atoms with Crippen molar-refractivity contribution in [3.8, 4) is 0 Å². The molecule has 0 saturated heterocycles. The molecule has 1 fully saturated rings. The van der Waals surface area contributed by atoms with E-state index in [2.05, 4.69) is 15.8 Å². The van der Waals surface area contributed by atoms with Crippen molar-refractivity contribution in [2.75, 3.05) is 13.2 Å². The number of ether oxygens (including phenoxy) is 1. The van der Waals surface area contributed by atoms with Crippen LogP contribution in [-0.4, -0.2) is 41.9 Å². The van der Waals surface area contributed by atoms with Crippen LogP contribution < -0.4 is 10.7 Å². The van der Waals surface area contributed by atoms with E-state index in [0.29, 0.717) is 12.6 Å². The van der Waals surface area contributed by atoms with Crippen LogP contribution in [0.1, 0.15) is 50.3 Å². The molecule has 0 atom stereocenters. The van der Waals surface area contributed by atoms with Crippen molar-refractivity contribution in [2.45, 2.75) is 58.5 Å². The number of nitrogens with one attached hydrogen (secondary N) is 2. The fraction of sp³-hybridized carbons (Fsp3) is 0.500. The third kappa shape index (κ3) is 5.44. The number of hydrogen-bond donors (Lipinski definition) is 2. The average molecular weight is 399 g/mol. The molecule has 1 aromatic heterocycles. The number of fused-ring (bicyclic) bond motifs is 1. The van der Waals surface area contributed by atoms with Crippen molar-refractivity contribution < 1.29 is 14.3 Å². The number of benzene rings is 1. The van der Waals surface area contributed by atoms with Crippen LogP contribution in [-0.2, 0) is 20.9 Å². The number of carbonyl (C=O) groups is 2. The predicted molar refractivity (Wildman–Crippen MR) is 114 cm³/mol. The molecule has 1 aliphatic carbocycles. The number of rotatable bonds is 8. The van der Waals surface area contributed by atoms with Crippen LogP contribution in [0.25, 0.3) is 10.9 Å². The summed E-state index contributed by atoms with van der Waals surface area (Å²) in [6.07, 6.45) is 7.67. The minimum absolute atomic E-state index is 0.145. The molecule has 29 heavy (non-hydrogen) atoms. The molecule has 2 N–H and O–H groups in total. The first kappa shape index (κ1) is 21.0. The van der Waals surface area contributed by atoms with Gasteiger partial charge in [-0.05, 0) is 32.8 Å². The molecule has 0 unspecified atom stereocenters. The van der Waals surface area contributed by atoms with Crippen molar-refractivity contribution in [3.05, 3.63) is 35.5 Å². The Hall–Kier alpha value is -2.67. The predicted octanol–water partition coefficient (Wildman–Crippen LogP) is 2.89. The van der Waals surface area contributed by atoms with Crippen LogP contribution in [0.15, 0.2) is 29.4 Å². The van der Waals surface area contributed by atoms with Crippen LogP contribution in [0.2, 0.25) is 0 Å². The van der Waals surface area contributed by atoms with Crippen molar-refractivity contribution in [3.63, 3.8) is 0 Å². The molecule has 0 radical (unpaired) electrons. The number of carbonyl (C=O) groups excluding carboxylic acids is 2. The first-order chi connectivity index (χ1) is 14.1. The van der Waals surface area contributed by atoms with Gasteiger partial charge in [-0.25, -0.2) is 5.43 Å². The van der Waals surface area contributed by atoms with Crippen LogP contribution >= 0.6 is 0 Å². The molecule has 156 valence electrons. The SMILES string of the molecule is CCOC(=O)Cn1c(C)c(/C=N\NC(=O)CNC2CCCCC2)c2ccccc21. The van der Waals surface area contributed by atoms with Crippen molar-refractivity contribution in [1.29, 1.82) is 0 Å². The van der Waals surface area contributed by atoms with Crippen LogP contribution in [0, 0.1) is 6.92 Å².